The van der Waals surface area contributed by atoms with Gasteiger partial charge in [-0.3, -0.25) is 24.6 Å². The summed E-state index contributed by atoms with van der Waals surface area (Å²) in [5, 5.41) is 2.28. The van der Waals surface area contributed by atoms with Crippen LogP contribution >= 0.6 is 0 Å². The summed E-state index contributed by atoms with van der Waals surface area (Å²) in [5.74, 6) is -1.27. The highest BCUT2D eigenvalue weighted by atomic mass is 19.1. The van der Waals surface area contributed by atoms with Crippen LogP contribution in [-0.4, -0.2) is 23.8 Å². The van der Waals surface area contributed by atoms with Gasteiger partial charge in [0.25, 0.3) is 0 Å². The van der Waals surface area contributed by atoms with Gasteiger partial charge in [0.1, 0.15) is 11.9 Å². The number of halogens is 1. The third-order valence-electron chi connectivity index (χ3n) is 5.41. The highest BCUT2D eigenvalue weighted by molar-refractivity contribution is 6.15. The average Bonchev–Trinajstić information content (AvgIpc) is 3.27. The van der Waals surface area contributed by atoms with Gasteiger partial charge >= 0.3 is 0 Å². The maximum Gasteiger partial charge on any atom is 0.249 e. The number of hydrogen-bond acceptors (Lipinski definition) is 3. The third-order valence-corrected chi connectivity index (χ3v) is 5.41. The fourth-order valence-electron chi connectivity index (χ4n) is 3.91. The van der Waals surface area contributed by atoms with E-state index in [1.54, 1.807) is 6.07 Å². The zero-order valence-corrected chi connectivity index (χ0v) is 13.7. The topological polar surface area (TPSA) is 66.5 Å². The lowest BCUT2D eigenvalue weighted by atomic mass is 9.92. The van der Waals surface area contributed by atoms with E-state index in [-0.39, 0.29) is 36.4 Å². The van der Waals surface area contributed by atoms with Crippen LogP contribution < -0.4 is 10.2 Å². The van der Waals surface area contributed by atoms with Crippen LogP contribution in [0.2, 0.25) is 0 Å². The normalized spacial score (nSPS) is 24.6. The Morgan fingerprint density at radius 2 is 1.96 bits per heavy atom. The smallest absolute Gasteiger partial charge is 0.249 e. The van der Waals surface area contributed by atoms with Gasteiger partial charge in [-0.1, -0.05) is 13.8 Å². The Morgan fingerprint density at radius 3 is 2.54 bits per heavy atom. The summed E-state index contributed by atoms with van der Waals surface area (Å²) in [6, 6.07) is 2.45. The van der Waals surface area contributed by atoms with Gasteiger partial charge in [-0.25, -0.2) is 4.39 Å². The molecule has 1 aromatic carbocycles. The number of carbonyl (C=O) groups is 3. The molecule has 0 aromatic heterocycles. The molecule has 1 spiro atoms. The Balaban J connectivity index is 1.82. The van der Waals surface area contributed by atoms with Gasteiger partial charge < -0.3 is 0 Å². The molecule has 4 rings (SSSR count). The van der Waals surface area contributed by atoms with E-state index >= 15 is 0 Å². The maximum absolute atomic E-state index is 14.5. The van der Waals surface area contributed by atoms with Crippen LogP contribution in [-0.2, 0) is 19.8 Å². The zero-order chi connectivity index (χ0) is 17.2. The Labute approximate surface area is 139 Å². The van der Waals surface area contributed by atoms with E-state index in [1.165, 1.54) is 11.0 Å². The molecule has 1 saturated heterocycles. The molecule has 0 bridgehead atoms. The zero-order valence-electron chi connectivity index (χ0n) is 13.7. The summed E-state index contributed by atoms with van der Waals surface area (Å²) in [5.41, 5.74) is 1.34. The van der Waals surface area contributed by atoms with Gasteiger partial charge in [0.15, 0.2) is 0 Å². The van der Waals surface area contributed by atoms with Crippen LogP contribution in [0.3, 0.4) is 0 Å². The van der Waals surface area contributed by atoms with Crippen LogP contribution in [0.25, 0.3) is 0 Å². The van der Waals surface area contributed by atoms with E-state index in [2.05, 4.69) is 5.32 Å². The molecule has 1 aliphatic carbocycles. The number of benzene rings is 1. The molecule has 2 aliphatic heterocycles. The Morgan fingerprint density at radius 1 is 1.25 bits per heavy atom. The van der Waals surface area contributed by atoms with Crippen molar-refractivity contribution in [2.75, 3.05) is 4.90 Å². The molecule has 1 saturated carbocycles. The number of hydrogen-bond donors (Lipinski definition) is 1. The Kier molecular flexibility index (Phi) is 3.11. The number of amides is 3. The number of carbonyl (C=O) groups excluding carboxylic acids is 3. The monoisotopic (exact) mass is 330 g/mol. The standard InChI is InChI=1S/C18H19FN2O3/c1-9(2)10-7-11-14(8-12(10)19)21(17(24)18(11)5-6-18)13-3-4-15(22)20-16(13)23/h7-9,13H,3-6H2,1-2H3,(H,20,22,23). The second kappa shape index (κ2) is 4.88. The largest absolute Gasteiger partial charge is 0.299 e. The first-order valence-corrected chi connectivity index (χ1v) is 8.36. The second-order valence-corrected chi connectivity index (χ2v) is 7.27. The minimum absolute atomic E-state index is 0.0193. The molecule has 1 unspecified atom stereocenters. The molecular weight excluding hydrogens is 311 g/mol. The van der Waals surface area contributed by atoms with E-state index < -0.39 is 17.4 Å². The average molecular weight is 330 g/mol. The summed E-state index contributed by atoms with van der Waals surface area (Å²) >= 11 is 0. The molecule has 0 radical (unpaired) electrons. The molecule has 1 atom stereocenters. The molecule has 3 amide bonds. The van der Waals surface area contributed by atoms with Crippen molar-refractivity contribution >= 4 is 23.4 Å². The van der Waals surface area contributed by atoms with Gasteiger partial charge in [0.05, 0.1) is 11.1 Å². The Bertz CT molecular complexity index is 783. The first-order valence-electron chi connectivity index (χ1n) is 8.36. The summed E-state index contributed by atoms with van der Waals surface area (Å²) in [7, 11) is 0. The molecule has 1 aromatic rings. The number of imide groups is 1. The van der Waals surface area contributed by atoms with Crippen LogP contribution in [0, 0.1) is 5.82 Å². The molecule has 2 fully saturated rings. The van der Waals surface area contributed by atoms with Crippen molar-refractivity contribution in [1.82, 2.24) is 5.32 Å². The van der Waals surface area contributed by atoms with Crippen LogP contribution in [0.4, 0.5) is 10.1 Å². The number of nitrogens with one attached hydrogen (secondary N) is 1. The van der Waals surface area contributed by atoms with Crippen molar-refractivity contribution in [3.8, 4) is 0 Å². The first-order chi connectivity index (χ1) is 11.3. The number of nitrogens with zero attached hydrogens (tertiary/aromatic N) is 1. The van der Waals surface area contributed by atoms with Crippen molar-refractivity contribution in [2.45, 2.75) is 56.9 Å². The fourth-order valence-corrected chi connectivity index (χ4v) is 3.91. The van der Waals surface area contributed by atoms with Crippen LogP contribution in [0.1, 0.15) is 56.6 Å². The van der Waals surface area contributed by atoms with E-state index in [1.807, 2.05) is 13.8 Å². The SMILES string of the molecule is CC(C)c1cc2c(cc1F)N(C1CCC(=O)NC1=O)C(=O)C21CC1. The highest BCUT2D eigenvalue weighted by Gasteiger charge is 2.61. The summed E-state index contributed by atoms with van der Waals surface area (Å²) in [6.45, 7) is 3.83. The lowest BCUT2D eigenvalue weighted by Crippen LogP contribution is -2.54. The molecular formula is C18H19FN2O3. The van der Waals surface area contributed by atoms with Gasteiger partial charge in [-0.2, -0.15) is 0 Å². The molecule has 126 valence electrons. The first kappa shape index (κ1) is 15.3. The predicted molar refractivity (Wildman–Crippen MR) is 85.1 cm³/mol. The molecule has 24 heavy (non-hydrogen) atoms. The van der Waals surface area contributed by atoms with Crippen molar-refractivity contribution < 1.29 is 18.8 Å². The quantitative estimate of drug-likeness (QED) is 0.845. The summed E-state index contributed by atoms with van der Waals surface area (Å²) in [4.78, 5) is 38.0. The lowest BCUT2D eigenvalue weighted by molar-refractivity contribution is -0.135. The predicted octanol–water partition coefficient (Wildman–Crippen LogP) is 2.13. The lowest BCUT2D eigenvalue weighted by Gasteiger charge is -2.30. The number of fused-ring (bicyclic) bond motifs is 2. The minimum atomic E-state index is -0.738. The minimum Gasteiger partial charge on any atom is -0.299 e. The number of piperidine rings is 1. The van der Waals surface area contributed by atoms with Crippen LogP contribution in [0.15, 0.2) is 12.1 Å². The van der Waals surface area contributed by atoms with Crippen molar-refractivity contribution in [3.63, 3.8) is 0 Å². The van der Waals surface area contributed by atoms with Crippen molar-refractivity contribution in [1.29, 1.82) is 0 Å². The fraction of sp³-hybridized carbons (Fsp3) is 0.500. The Hall–Kier alpha value is -2.24. The summed E-state index contributed by atoms with van der Waals surface area (Å²) < 4.78 is 14.5. The maximum atomic E-state index is 14.5. The van der Waals surface area contributed by atoms with Crippen molar-refractivity contribution in [2.24, 2.45) is 0 Å². The van der Waals surface area contributed by atoms with Gasteiger partial charge in [-0.15, -0.1) is 0 Å². The number of anilines is 1. The number of rotatable bonds is 2. The molecule has 6 heteroatoms. The highest BCUT2D eigenvalue weighted by Crippen LogP contribution is 2.58. The molecule has 1 N–H and O–H groups in total. The third kappa shape index (κ3) is 1.95. The molecule has 3 aliphatic rings. The van der Waals surface area contributed by atoms with Crippen molar-refractivity contribution in [3.05, 3.63) is 29.1 Å². The van der Waals surface area contributed by atoms with E-state index in [0.29, 0.717) is 11.3 Å². The summed E-state index contributed by atoms with van der Waals surface area (Å²) in [6.07, 6.45) is 1.92. The van der Waals surface area contributed by atoms with Crippen LogP contribution in [0.5, 0.6) is 0 Å². The molecule has 5 nitrogen and oxygen atoms in total. The second-order valence-electron chi connectivity index (χ2n) is 7.27. The van der Waals surface area contributed by atoms with E-state index in [0.717, 1.165) is 18.4 Å². The van der Waals surface area contributed by atoms with E-state index in [4.69, 9.17) is 0 Å². The van der Waals surface area contributed by atoms with E-state index in [9.17, 15) is 18.8 Å². The molecule has 2 heterocycles. The van der Waals surface area contributed by atoms with Gasteiger partial charge in [-0.05, 0) is 48.4 Å². The van der Waals surface area contributed by atoms with Gasteiger partial charge in [0.2, 0.25) is 17.7 Å². The van der Waals surface area contributed by atoms with Gasteiger partial charge in [0, 0.05) is 6.42 Å².